The van der Waals surface area contributed by atoms with Crippen molar-refractivity contribution in [3.05, 3.63) is 92.7 Å². The average molecular weight is 472 g/mol. The molecule has 0 bridgehead atoms. The Labute approximate surface area is 196 Å². The van der Waals surface area contributed by atoms with Crippen molar-refractivity contribution in [1.82, 2.24) is 15.1 Å². The summed E-state index contributed by atoms with van der Waals surface area (Å²) in [6.45, 7) is 4.19. The van der Waals surface area contributed by atoms with E-state index in [1.165, 1.54) is 12.2 Å². The molecule has 1 amide bonds. The van der Waals surface area contributed by atoms with Crippen molar-refractivity contribution in [2.45, 2.75) is 26.9 Å². The molecule has 0 aliphatic rings. The lowest BCUT2D eigenvalue weighted by molar-refractivity contribution is -0.143. The van der Waals surface area contributed by atoms with Crippen LogP contribution in [-0.4, -0.2) is 28.3 Å². The summed E-state index contributed by atoms with van der Waals surface area (Å²) in [5.41, 5.74) is 4.24. The van der Waals surface area contributed by atoms with Crippen molar-refractivity contribution >= 4 is 41.2 Å². The lowest BCUT2D eigenvalue weighted by atomic mass is 10.1. The summed E-state index contributed by atoms with van der Waals surface area (Å²) in [5.74, 6) is -1.03. The van der Waals surface area contributed by atoms with Crippen LogP contribution >= 0.6 is 23.2 Å². The quantitative estimate of drug-likeness (QED) is 0.380. The molecular formula is C24H23Cl2N3O3. The molecule has 0 radical (unpaired) electrons. The molecular weight excluding hydrogens is 449 g/mol. The minimum Gasteiger partial charge on any atom is -0.452 e. The van der Waals surface area contributed by atoms with Gasteiger partial charge in [0, 0.05) is 23.2 Å². The lowest BCUT2D eigenvalue weighted by Crippen LogP contribution is -2.28. The summed E-state index contributed by atoms with van der Waals surface area (Å²) in [4.78, 5) is 23.9. The molecule has 1 heterocycles. The van der Waals surface area contributed by atoms with Gasteiger partial charge in [-0.05, 0) is 37.1 Å². The number of esters is 1. The van der Waals surface area contributed by atoms with Gasteiger partial charge in [-0.2, -0.15) is 5.10 Å². The first kappa shape index (κ1) is 23.6. The maximum absolute atomic E-state index is 12.0. The number of carbonyl (C=O) groups excluding carboxylic acids is 2. The fourth-order valence-corrected chi connectivity index (χ4v) is 3.44. The molecule has 6 nitrogen and oxygen atoms in total. The van der Waals surface area contributed by atoms with Gasteiger partial charge in [0.05, 0.1) is 12.2 Å². The second-order valence-corrected chi connectivity index (χ2v) is 8.01. The van der Waals surface area contributed by atoms with Crippen LogP contribution in [0.3, 0.4) is 0 Å². The van der Waals surface area contributed by atoms with E-state index < -0.39 is 5.97 Å². The van der Waals surface area contributed by atoms with Crippen LogP contribution in [0.2, 0.25) is 10.2 Å². The van der Waals surface area contributed by atoms with Gasteiger partial charge in [0.2, 0.25) is 0 Å². The highest BCUT2D eigenvalue weighted by molar-refractivity contribution is 6.32. The van der Waals surface area contributed by atoms with Crippen molar-refractivity contribution in [2.24, 2.45) is 0 Å². The van der Waals surface area contributed by atoms with Crippen molar-refractivity contribution in [3.63, 3.8) is 0 Å². The second kappa shape index (κ2) is 11.0. The summed E-state index contributed by atoms with van der Waals surface area (Å²) >= 11 is 12.6. The molecule has 0 aliphatic carbocycles. The Morgan fingerprint density at radius 1 is 1.09 bits per heavy atom. The van der Waals surface area contributed by atoms with E-state index in [2.05, 4.69) is 10.4 Å². The van der Waals surface area contributed by atoms with Gasteiger partial charge in [-0.3, -0.25) is 4.79 Å². The minimum atomic E-state index is -0.648. The fourth-order valence-electron chi connectivity index (χ4n) is 2.94. The summed E-state index contributed by atoms with van der Waals surface area (Å²) in [5, 5.41) is 8.13. The molecule has 0 aliphatic heterocycles. The zero-order valence-electron chi connectivity index (χ0n) is 17.8. The molecule has 3 rings (SSSR count). The molecule has 1 aromatic heterocycles. The Kier molecular flexibility index (Phi) is 8.09. The highest BCUT2D eigenvalue weighted by atomic mass is 35.5. The predicted molar refractivity (Wildman–Crippen MR) is 126 cm³/mol. The number of hydrogen-bond donors (Lipinski definition) is 1. The van der Waals surface area contributed by atoms with Gasteiger partial charge in [0.15, 0.2) is 6.61 Å². The van der Waals surface area contributed by atoms with Gasteiger partial charge >= 0.3 is 5.97 Å². The molecule has 0 unspecified atom stereocenters. The third-order valence-electron chi connectivity index (χ3n) is 4.73. The number of ether oxygens (including phenoxy) is 1. The number of nitrogens with zero attached hydrogens (tertiary/aromatic N) is 2. The zero-order chi connectivity index (χ0) is 23.1. The van der Waals surface area contributed by atoms with Crippen LogP contribution < -0.4 is 5.32 Å². The van der Waals surface area contributed by atoms with Crippen LogP contribution in [0.15, 0.2) is 54.6 Å². The number of aryl methyl sites for hydroxylation is 2. The number of nitrogens with one attached hydrogen (secondary N) is 1. The standard InChI is InChI=1S/C24H23Cl2N3O3/c1-16-7-9-18(10-8-16)13-27-22(30)15-32-23(31)12-11-20-17(2)28-29(24(20)26)14-19-5-3-4-6-21(19)25/h3-12H,13-15H2,1-2H3,(H,27,30)/b12-11+. The van der Waals surface area contributed by atoms with Crippen LogP contribution in [0, 0.1) is 13.8 Å². The van der Waals surface area contributed by atoms with Crippen LogP contribution in [0.4, 0.5) is 0 Å². The Bertz CT molecular complexity index is 1140. The first-order chi connectivity index (χ1) is 15.3. The molecule has 0 saturated carbocycles. The molecule has 0 fully saturated rings. The monoisotopic (exact) mass is 471 g/mol. The third kappa shape index (κ3) is 6.45. The van der Waals surface area contributed by atoms with E-state index >= 15 is 0 Å². The van der Waals surface area contributed by atoms with E-state index in [1.807, 2.05) is 49.4 Å². The molecule has 1 N–H and O–H groups in total. The number of aromatic nitrogens is 2. The molecule has 166 valence electrons. The van der Waals surface area contributed by atoms with Crippen molar-refractivity contribution in [2.75, 3.05) is 6.61 Å². The van der Waals surface area contributed by atoms with Crippen LogP contribution in [0.5, 0.6) is 0 Å². The van der Waals surface area contributed by atoms with Gasteiger partial charge in [-0.25, -0.2) is 9.48 Å². The number of hydrogen-bond acceptors (Lipinski definition) is 4. The SMILES string of the molecule is Cc1ccc(CNC(=O)COC(=O)/C=C/c2c(C)nn(Cc3ccccc3Cl)c2Cl)cc1. The van der Waals surface area contributed by atoms with Gasteiger partial charge in [-0.15, -0.1) is 0 Å². The van der Waals surface area contributed by atoms with Crippen molar-refractivity contribution in [1.29, 1.82) is 0 Å². The lowest BCUT2D eigenvalue weighted by Gasteiger charge is -2.06. The Morgan fingerprint density at radius 2 is 1.81 bits per heavy atom. The molecule has 32 heavy (non-hydrogen) atoms. The summed E-state index contributed by atoms with van der Waals surface area (Å²) in [6.07, 6.45) is 2.75. The Morgan fingerprint density at radius 3 is 2.53 bits per heavy atom. The van der Waals surface area contributed by atoms with Gasteiger partial charge in [0.25, 0.3) is 5.91 Å². The van der Waals surface area contributed by atoms with Crippen molar-refractivity contribution in [3.8, 4) is 0 Å². The number of benzene rings is 2. The second-order valence-electron chi connectivity index (χ2n) is 7.24. The Balaban J connectivity index is 1.52. The first-order valence-corrected chi connectivity index (χ1v) is 10.7. The number of rotatable bonds is 8. The van der Waals surface area contributed by atoms with E-state index in [-0.39, 0.29) is 12.5 Å². The summed E-state index contributed by atoms with van der Waals surface area (Å²) in [6, 6.07) is 15.2. The Hall–Kier alpha value is -3.09. The van der Waals surface area contributed by atoms with Crippen LogP contribution in [-0.2, 0) is 27.4 Å². The predicted octanol–water partition coefficient (Wildman–Crippen LogP) is 4.73. The summed E-state index contributed by atoms with van der Waals surface area (Å²) < 4.78 is 6.62. The molecule has 0 spiro atoms. The molecule has 2 aromatic carbocycles. The highest BCUT2D eigenvalue weighted by Crippen LogP contribution is 2.24. The van der Waals surface area contributed by atoms with E-state index in [0.29, 0.717) is 34.5 Å². The van der Waals surface area contributed by atoms with Crippen molar-refractivity contribution < 1.29 is 14.3 Å². The topological polar surface area (TPSA) is 73.2 Å². The minimum absolute atomic E-state index is 0.367. The normalized spacial score (nSPS) is 11.0. The molecule has 0 atom stereocenters. The smallest absolute Gasteiger partial charge is 0.331 e. The van der Waals surface area contributed by atoms with E-state index in [9.17, 15) is 9.59 Å². The van der Waals surface area contributed by atoms with E-state index in [1.54, 1.807) is 17.7 Å². The van der Waals surface area contributed by atoms with E-state index in [0.717, 1.165) is 16.7 Å². The number of carbonyl (C=O) groups is 2. The largest absolute Gasteiger partial charge is 0.452 e. The maximum Gasteiger partial charge on any atom is 0.331 e. The molecule has 8 heteroatoms. The highest BCUT2D eigenvalue weighted by Gasteiger charge is 2.13. The third-order valence-corrected chi connectivity index (χ3v) is 5.50. The summed E-state index contributed by atoms with van der Waals surface area (Å²) in [7, 11) is 0. The first-order valence-electron chi connectivity index (χ1n) is 9.97. The number of amides is 1. The van der Waals surface area contributed by atoms with Gasteiger partial charge in [-0.1, -0.05) is 71.2 Å². The van der Waals surface area contributed by atoms with Crippen LogP contribution in [0.1, 0.15) is 27.9 Å². The van der Waals surface area contributed by atoms with Gasteiger partial charge in [0.1, 0.15) is 5.15 Å². The number of halogens is 2. The zero-order valence-corrected chi connectivity index (χ0v) is 19.3. The maximum atomic E-state index is 12.0. The fraction of sp³-hybridized carbons (Fsp3) is 0.208. The van der Waals surface area contributed by atoms with E-state index in [4.69, 9.17) is 27.9 Å². The van der Waals surface area contributed by atoms with Gasteiger partial charge < -0.3 is 10.1 Å². The molecule has 0 saturated heterocycles. The molecule has 3 aromatic rings. The van der Waals surface area contributed by atoms with Crippen LogP contribution in [0.25, 0.3) is 6.08 Å². The average Bonchev–Trinajstić information content (AvgIpc) is 3.04.